The number of carbonyl (C=O) groups excluding carboxylic acids is 1. The first-order valence-corrected chi connectivity index (χ1v) is 6.86. The highest BCUT2D eigenvalue weighted by Crippen LogP contribution is 2.24. The van der Waals surface area contributed by atoms with Crippen molar-refractivity contribution in [2.24, 2.45) is 0 Å². The first-order valence-electron chi connectivity index (χ1n) is 6.86. The van der Waals surface area contributed by atoms with Gasteiger partial charge in [0.15, 0.2) is 0 Å². The van der Waals surface area contributed by atoms with Gasteiger partial charge in [0.05, 0.1) is 13.0 Å². The monoisotopic (exact) mass is 276 g/mol. The first kappa shape index (κ1) is 14.5. The van der Waals surface area contributed by atoms with Crippen LogP contribution in [0, 0.1) is 0 Å². The van der Waals surface area contributed by atoms with Crippen LogP contribution in [0.2, 0.25) is 0 Å². The van der Waals surface area contributed by atoms with Gasteiger partial charge in [-0.25, -0.2) is 0 Å². The van der Waals surface area contributed by atoms with Crippen LogP contribution in [0.5, 0.6) is 0 Å². The zero-order valence-corrected chi connectivity index (χ0v) is 11.7. The van der Waals surface area contributed by atoms with Gasteiger partial charge >= 0.3 is 5.97 Å². The van der Waals surface area contributed by atoms with Gasteiger partial charge in [0, 0.05) is 12.2 Å². The van der Waals surface area contributed by atoms with Crippen molar-refractivity contribution in [3.05, 3.63) is 29.3 Å². The molecule has 0 saturated carbocycles. The van der Waals surface area contributed by atoms with Gasteiger partial charge in [-0.2, -0.15) is 0 Å². The zero-order chi connectivity index (χ0) is 14.5. The quantitative estimate of drug-likeness (QED) is 0.826. The van der Waals surface area contributed by atoms with Crippen molar-refractivity contribution < 1.29 is 14.7 Å². The minimum Gasteiger partial charge on any atom is -0.481 e. The van der Waals surface area contributed by atoms with E-state index < -0.39 is 5.97 Å². The second-order valence-corrected chi connectivity index (χ2v) is 5.27. The zero-order valence-electron chi connectivity index (χ0n) is 11.7. The number of hydrogen-bond donors (Lipinski definition) is 2. The fraction of sp³-hybridized carbons (Fsp3) is 0.467. The third-order valence-electron chi connectivity index (χ3n) is 3.50. The largest absolute Gasteiger partial charge is 0.481 e. The van der Waals surface area contributed by atoms with Crippen LogP contribution in [0.4, 0.5) is 5.69 Å². The normalized spacial score (nSPS) is 13.3. The third-order valence-corrected chi connectivity index (χ3v) is 3.50. The van der Waals surface area contributed by atoms with Gasteiger partial charge in [-0.3, -0.25) is 14.5 Å². The van der Waals surface area contributed by atoms with Crippen LogP contribution in [-0.4, -0.2) is 42.0 Å². The van der Waals surface area contributed by atoms with Crippen LogP contribution in [0.25, 0.3) is 0 Å². The van der Waals surface area contributed by atoms with Crippen molar-refractivity contribution in [1.29, 1.82) is 0 Å². The lowest BCUT2D eigenvalue weighted by Gasteiger charge is -2.15. The number of nitrogens with zero attached hydrogens (tertiary/aromatic N) is 1. The minimum atomic E-state index is -0.851. The van der Waals surface area contributed by atoms with E-state index in [0.717, 1.165) is 18.5 Å². The Kier molecular flexibility index (Phi) is 4.74. The number of nitrogens with one attached hydrogen (secondary N) is 1. The fourth-order valence-electron chi connectivity index (χ4n) is 2.46. The van der Waals surface area contributed by atoms with Crippen LogP contribution >= 0.6 is 0 Å². The van der Waals surface area contributed by atoms with E-state index in [0.29, 0.717) is 6.54 Å². The second kappa shape index (κ2) is 6.52. The molecule has 0 radical (unpaired) electrons. The summed E-state index contributed by atoms with van der Waals surface area (Å²) in [5, 5.41) is 11.5. The van der Waals surface area contributed by atoms with E-state index >= 15 is 0 Å². The van der Waals surface area contributed by atoms with E-state index in [9.17, 15) is 9.59 Å². The number of likely N-dealkylation sites (N-methyl/N-ethyl adjacent to an activating group) is 1. The van der Waals surface area contributed by atoms with E-state index in [4.69, 9.17) is 5.11 Å². The molecule has 0 aliphatic heterocycles. The molecule has 0 unspecified atom stereocenters. The molecule has 2 N–H and O–H groups in total. The molecule has 108 valence electrons. The summed E-state index contributed by atoms with van der Waals surface area (Å²) < 4.78 is 0. The maximum atomic E-state index is 11.9. The number of carboxylic acids is 1. The number of hydrogen-bond acceptors (Lipinski definition) is 3. The van der Waals surface area contributed by atoms with Crippen molar-refractivity contribution in [1.82, 2.24) is 4.90 Å². The molecule has 5 heteroatoms. The first-order chi connectivity index (χ1) is 9.54. The molecule has 0 atom stereocenters. The fourth-order valence-corrected chi connectivity index (χ4v) is 2.46. The molecule has 1 aliphatic rings. The van der Waals surface area contributed by atoms with Crippen molar-refractivity contribution >= 4 is 17.6 Å². The molecule has 0 bridgehead atoms. The molecular weight excluding hydrogens is 256 g/mol. The van der Waals surface area contributed by atoms with Gasteiger partial charge in [0.1, 0.15) is 0 Å². The van der Waals surface area contributed by atoms with Crippen molar-refractivity contribution in [2.75, 3.05) is 25.5 Å². The Morgan fingerprint density at radius 1 is 1.30 bits per heavy atom. The number of amides is 1. The minimum absolute atomic E-state index is 0.0443. The number of fused-ring (bicyclic) bond motifs is 1. The summed E-state index contributed by atoms with van der Waals surface area (Å²) in [4.78, 5) is 24.0. The number of carboxylic acid groups (broad SMARTS) is 1. The van der Waals surface area contributed by atoms with Gasteiger partial charge < -0.3 is 10.4 Å². The Bertz CT molecular complexity index is 514. The number of aliphatic carboxylic acids is 1. The number of aryl methyl sites for hydroxylation is 2. The number of carbonyl (C=O) groups is 2. The molecule has 1 aromatic rings. The number of rotatable bonds is 6. The van der Waals surface area contributed by atoms with Gasteiger partial charge in [-0.1, -0.05) is 6.07 Å². The summed E-state index contributed by atoms with van der Waals surface area (Å²) in [5.41, 5.74) is 3.52. The average molecular weight is 276 g/mol. The van der Waals surface area contributed by atoms with Gasteiger partial charge in [-0.15, -0.1) is 0 Å². The molecule has 0 fully saturated rings. The molecule has 0 spiro atoms. The molecule has 20 heavy (non-hydrogen) atoms. The molecule has 0 saturated heterocycles. The van der Waals surface area contributed by atoms with Crippen molar-refractivity contribution in [3.8, 4) is 0 Å². The highest BCUT2D eigenvalue weighted by Gasteiger charge is 2.12. The van der Waals surface area contributed by atoms with E-state index in [1.54, 1.807) is 11.9 Å². The topological polar surface area (TPSA) is 69.6 Å². The number of benzene rings is 1. The lowest BCUT2D eigenvalue weighted by molar-refractivity contribution is -0.137. The van der Waals surface area contributed by atoms with Crippen LogP contribution in [0.15, 0.2) is 18.2 Å². The predicted octanol–water partition coefficient (Wildman–Crippen LogP) is 1.52. The molecule has 0 heterocycles. The van der Waals surface area contributed by atoms with Crippen LogP contribution < -0.4 is 5.32 Å². The summed E-state index contributed by atoms with van der Waals surface area (Å²) in [6, 6.07) is 6.04. The maximum absolute atomic E-state index is 11.9. The molecule has 0 aromatic heterocycles. The third kappa shape index (κ3) is 4.06. The van der Waals surface area contributed by atoms with E-state index in [-0.39, 0.29) is 18.9 Å². The molecule has 1 aliphatic carbocycles. The van der Waals surface area contributed by atoms with Crippen LogP contribution in [0.3, 0.4) is 0 Å². The lowest BCUT2D eigenvalue weighted by atomic mass is 10.1. The van der Waals surface area contributed by atoms with E-state index in [1.807, 2.05) is 12.1 Å². The molecular formula is C15H20N2O3. The van der Waals surface area contributed by atoms with Gasteiger partial charge in [0.2, 0.25) is 5.91 Å². The van der Waals surface area contributed by atoms with Crippen molar-refractivity contribution in [2.45, 2.75) is 25.7 Å². The summed E-state index contributed by atoms with van der Waals surface area (Å²) in [6.07, 6.45) is 3.44. The molecule has 5 nitrogen and oxygen atoms in total. The highest BCUT2D eigenvalue weighted by molar-refractivity contribution is 5.92. The number of anilines is 1. The van der Waals surface area contributed by atoms with E-state index in [1.165, 1.54) is 17.5 Å². The Balaban J connectivity index is 1.83. The smallest absolute Gasteiger partial charge is 0.304 e. The standard InChI is InChI=1S/C15H20N2O3/c1-17(8-7-15(19)20)10-14(18)16-13-6-5-11-3-2-4-12(11)9-13/h5-6,9H,2-4,7-8,10H2,1H3,(H,16,18)(H,19,20). The Hall–Kier alpha value is -1.88. The summed E-state index contributed by atoms with van der Waals surface area (Å²) in [5.74, 6) is -0.966. The Morgan fingerprint density at radius 3 is 2.80 bits per heavy atom. The van der Waals surface area contributed by atoms with E-state index in [2.05, 4.69) is 11.4 Å². The van der Waals surface area contributed by atoms with Crippen LogP contribution in [0.1, 0.15) is 24.0 Å². The molecule has 1 amide bonds. The summed E-state index contributed by atoms with van der Waals surface area (Å²) in [6.45, 7) is 0.567. The maximum Gasteiger partial charge on any atom is 0.304 e. The lowest BCUT2D eigenvalue weighted by Crippen LogP contribution is -2.31. The predicted molar refractivity (Wildman–Crippen MR) is 76.8 cm³/mol. The van der Waals surface area contributed by atoms with Gasteiger partial charge in [-0.05, 0) is 49.6 Å². The summed E-state index contributed by atoms with van der Waals surface area (Å²) >= 11 is 0. The molecule has 1 aromatic carbocycles. The molecule has 2 rings (SSSR count). The van der Waals surface area contributed by atoms with Crippen molar-refractivity contribution in [3.63, 3.8) is 0 Å². The SMILES string of the molecule is CN(CCC(=O)O)CC(=O)Nc1ccc2c(c1)CCC2. The average Bonchev–Trinajstić information content (AvgIpc) is 2.83. The Morgan fingerprint density at radius 2 is 2.05 bits per heavy atom. The van der Waals surface area contributed by atoms with Crippen LogP contribution in [-0.2, 0) is 22.4 Å². The summed E-state index contributed by atoms with van der Waals surface area (Å²) in [7, 11) is 1.74. The Labute approximate surface area is 118 Å². The van der Waals surface area contributed by atoms with Gasteiger partial charge in [0.25, 0.3) is 0 Å². The second-order valence-electron chi connectivity index (χ2n) is 5.27. The highest BCUT2D eigenvalue weighted by atomic mass is 16.4.